The molecule has 1 atom stereocenters. The van der Waals surface area contributed by atoms with Crippen LogP contribution < -0.4 is 10.9 Å². The number of aromatic nitrogens is 2. The third-order valence-electron chi connectivity index (χ3n) is 6.64. The average Bonchev–Trinajstić information content (AvgIpc) is 2.88. The van der Waals surface area contributed by atoms with Crippen LogP contribution in [0.2, 0.25) is 5.02 Å². The van der Waals surface area contributed by atoms with E-state index in [-0.39, 0.29) is 11.6 Å². The number of carbonyl (C=O) groups is 1. The quantitative estimate of drug-likeness (QED) is 0.247. The van der Waals surface area contributed by atoms with Gasteiger partial charge in [0.05, 0.1) is 22.6 Å². The number of nitrogens with one attached hydrogen (secondary N) is 1. The Morgan fingerprint density at radius 3 is 2.49 bits per heavy atom. The maximum Gasteiger partial charge on any atom is 0.322 e. The Hall–Kier alpha value is -3.64. The number of para-hydroxylation sites is 1. The SMILES string of the molecule is CCCCCN(C(=O)Nc1ccccc1C)C(C)c1nc2cc(Cl)ccc2c(=O)n1-c1ccc(C)cc1. The van der Waals surface area contributed by atoms with Gasteiger partial charge in [0.15, 0.2) is 0 Å². The lowest BCUT2D eigenvalue weighted by Crippen LogP contribution is -2.40. The number of rotatable bonds is 8. The van der Waals surface area contributed by atoms with E-state index in [0.29, 0.717) is 34.0 Å². The molecular formula is C30H33ClN4O2. The molecule has 0 aliphatic heterocycles. The number of urea groups is 1. The molecule has 0 spiro atoms. The molecule has 2 amide bonds. The highest BCUT2D eigenvalue weighted by Crippen LogP contribution is 2.26. The Kier molecular flexibility index (Phi) is 8.29. The summed E-state index contributed by atoms with van der Waals surface area (Å²) in [6, 6.07) is 19.8. The lowest BCUT2D eigenvalue weighted by atomic mass is 10.1. The zero-order chi connectivity index (χ0) is 26.5. The first-order valence-electron chi connectivity index (χ1n) is 12.7. The normalized spacial score (nSPS) is 11.9. The van der Waals surface area contributed by atoms with Crippen molar-refractivity contribution in [1.82, 2.24) is 14.5 Å². The molecule has 0 saturated heterocycles. The first kappa shape index (κ1) is 26.4. The monoisotopic (exact) mass is 516 g/mol. The number of fused-ring (bicyclic) bond motifs is 1. The van der Waals surface area contributed by atoms with Crippen LogP contribution in [0, 0.1) is 13.8 Å². The first-order chi connectivity index (χ1) is 17.8. The summed E-state index contributed by atoms with van der Waals surface area (Å²) in [5.41, 5.74) is 3.84. The maximum absolute atomic E-state index is 13.8. The molecule has 1 N–H and O–H groups in total. The molecule has 7 heteroatoms. The van der Waals surface area contributed by atoms with Crippen LogP contribution in [0.4, 0.5) is 10.5 Å². The molecule has 192 valence electrons. The van der Waals surface area contributed by atoms with Crippen molar-refractivity contribution >= 4 is 34.2 Å². The fourth-order valence-corrected chi connectivity index (χ4v) is 4.61. The van der Waals surface area contributed by atoms with Gasteiger partial charge in [-0.25, -0.2) is 9.78 Å². The molecule has 6 nitrogen and oxygen atoms in total. The van der Waals surface area contributed by atoms with E-state index in [2.05, 4.69) is 12.2 Å². The molecule has 37 heavy (non-hydrogen) atoms. The van der Waals surface area contributed by atoms with Gasteiger partial charge >= 0.3 is 6.03 Å². The zero-order valence-corrected chi connectivity index (χ0v) is 22.5. The molecule has 0 fully saturated rings. The van der Waals surface area contributed by atoms with Gasteiger partial charge in [-0.3, -0.25) is 9.36 Å². The third-order valence-corrected chi connectivity index (χ3v) is 6.88. The Labute approximate surface area is 222 Å². The largest absolute Gasteiger partial charge is 0.322 e. The highest BCUT2D eigenvalue weighted by Gasteiger charge is 2.27. The van der Waals surface area contributed by atoms with E-state index < -0.39 is 6.04 Å². The predicted molar refractivity (Wildman–Crippen MR) is 152 cm³/mol. The van der Waals surface area contributed by atoms with E-state index in [1.807, 2.05) is 69.3 Å². The van der Waals surface area contributed by atoms with Gasteiger partial charge in [0.2, 0.25) is 0 Å². The van der Waals surface area contributed by atoms with Crippen molar-refractivity contribution in [3.8, 4) is 5.69 Å². The number of halogens is 1. The lowest BCUT2D eigenvalue weighted by Gasteiger charge is -2.31. The van der Waals surface area contributed by atoms with Crippen molar-refractivity contribution in [3.05, 3.63) is 99.1 Å². The van der Waals surface area contributed by atoms with Crippen LogP contribution in [0.5, 0.6) is 0 Å². The summed E-state index contributed by atoms with van der Waals surface area (Å²) in [5, 5.41) is 4.04. The molecule has 0 radical (unpaired) electrons. The number of aryl methyl sites for hydroxylation is 2. The van der Waals surface area contributed by atoms with Crippen LogP contribution in [0.1, 0.15) is 56.1 Å². The summed E-state index contributed by atoms with van der Waals surface area (Å²) in [6.07, 6.45) is 2.87. The Morgan fingerprint density at radius 1 is 1.05 bits per heavy atom. The number of benzene rings is 3. The van der Waals surface area contributed by atoms with Gasteiger partial charge in [-0.2, -0.15) is 0 Å². The fourth-order valence-electron chi connectivity index (χ4n) is 4.44. The predicted octanol–water partition coefficient (Wildman–Crippen LogP) is 7.44. The smallest absolute Gasteiger partial charge is 0.315 e. The third kappa shape index (κ3) is 5.86. The van der Waals surface area contributed by atoms with Crippen molar-refractivity contribution < 1.29 is 4.79 Å². The molecule has 1 aromatic heterocycles. The number of anilines is 1. The molecule has 0 bridgehead atoms. The van der Waals surface area contributed by atoms with E-state index >= 15 is 0 Å². The first-order valence-corrected chi connectivity index (χ1v) is 13.1. The molecular weight excluding hydrogens is 484 g/mol. The number of amides is 2. The number of carbonyl (C=O) groups excluding carboxylic acids is 1. The molecule has 3 aromatic carbocycles. The molecule has 1 heterocycles. The summed E-state index contributed by atoms with van der Waals surface area (Å²) >= 11 is 6.26. The van der Waals surface area contributed by atoms with Gasteiger partial charge in [-0.05, 0) is 69.2 Å². The topological polar surface area (TPSA) is 67.2 Å². The van der Waals surface area contributed by atoms with E-state index in [0.717, 1.165) is 36.1 Å². The van der Waals surface area contributed by atoms with E-state index in [9.17, 15) is 9.59 Å². The highest BCUT2D eigenvalue weighted by molar-refractivity contribution is 6.31. The summed E-state index contributed by atoms with van der Waals surface area (Å²) in [5.74, 6) is 0.486. The minimum Gasteiger partial charge on any atom is -0.315 e. The van der Waals surface area contributed by atoms with Gasteiger partial charge in [-0.1, -0.05) is 67.3 Å². The van der Waals surface area contributed by atoms with Crippen LogP contribution in [0.25, 0.3) is 16.6 Å². The van der Waals surface area contributed by atoms with Gasteiger partial charge in [0, 0.05) is 17.3 Å². The molecule has 1 unspecified atom stereocenters. The lowest BCUT2D eigenvalue weighted by molar-refractivity contribution is 0.187. The summed E-state index contributed by atoms with van der Waals surface area (Å²) < 4.78 is 1.62. The average molecular weight is 517 g/mol. The second kappa shape index (κ2) is 11.6. The minimum atomic E-state index is -0.488. The summed E-state index contributed by atoms with van der Waals surface area (Å²) in [7, 11) is 0. The standard InChI is InChI=1S/C30H33ClN4O2/c1-5-6-9-18-34(30(37)33-26-11-8-7-10-21(26)3)22(4)28-32-27-19-23(31)14-17-25(27)29(36)35(28)24-15-12-20(2)13-16-24/h7-8,10-17,19,22H,5-6,9,18H2,1-4H3,(H,33,37). The van der Waals surface area contributed by atoms with Crippen LogP contribution >= 0.6 is 11.6 Å². The van der Waals surface area contributed by atoms with Crippen molar-refractivity contribution in [2.24, 2.45) is 0 Å². The number of hydrogen-bond donors (Lipinski definition) is 1. The maximum atomic E-state index is 13.8. The van der Waals surface area contributed by atoms with Crippen LogP contribution in [0.15, 0.2) is 71.5 Å². The zero-order valence-electron chi connectivity index (χ0n) is 21.8. The summed E-state index contributed by atoms with van der Waals surface area (Å²) in [6.45, 7) is 8.55. The Bertz CT molecular complexity index is 1460. The molecule has 0 aliphatic carbocycles. The molecule has 4 rings (SSSR count). The van der Waals surface area contributed by atoms with Gasteiger partial charge in [0.1, 0.15) is 5.82 Å². The van der Waals surface area contributed by atoms with Crippen molar-refractivity contribution in [3.63, 3.8) is 0 Å². The fraction of sp³-hybridized carbons (Fsp3) is 0.300. The molecule has 4 aromatic rings. The van der Waals surface area contributed by atoms with E-state index in [4.69, 9.17) is 16.6 Å². The van der Waals surface area contributed by atoms with Crippen LogP contribution in [-0.4, -0.2) is 27.0 Å². The Balaban J connectivity index is 1.84. The van der Waals surface area contributed by atoms with Crippen molar-refractivity contribution in [2.75, 3.05) is 11.9 Å². The molecule has 0 aliphatic rings. The number of unbranched alkanes of at least 4 members (excludes halogenated alkanes) is 2. The summed E-state index contributed by atoms with van der Waals surface area (Å²) in [4.78, 5) is 34.1. The van der Waals surface area contributed by atoms with Gasteiger partial charge in [-0.15, -0.1) is 0 Å². The van der Waals surface area contributed by atoms with Crippen LogP contribution in [0.3, 0.4) is 0 Å². The highest BCUT2D eigenvalue weighted by atomic mass is 35.5. The van der Waals surface area contributed by atoms with Crippen molar-refractivity contribution in [2.45, 2.75) is 53.0 Å². The second-order valence-electron chi connectivity index (χ2n) is 9.43. The Morgan fingerprint density at radius 2 is 1.78 bits per heavy atom. The number of hydrogen-bond acceptors (Lipinski definition) is 3. The molecule has 0 saturated carbocycles. The van der Waals surface area contributed by atoms with Crippen molar-refractivity contribution in [1.29, 1.82) is 0 Å². The van der Waals surface area contributed by atoms with E-state index in [1.165, 1.54) is 0 Å². The second-order valence-corrected chi connectivity index (χ2v) is 9.87. The van der Waals surface area contributed by atoms with Gasteiger partial charge < -0.3 is 10.2 Å². The van der Waals surface area contributed by atoms with Crippen LogP contribution in [-0.2, 0) is 0 Å². The van der Waals surface area contributed by atoms with E-state index in [1.54, 1.807) is 27.7 Å². The van der Waals surface area contributed by atoms with Gasteiger partial charge in [0.25, 0.3) is 5.56 Å². The number of nitrogens with zero attached hydrogens (tertiary/aromatic N) is 3. The minimum absolute atomic E-state index is 0.194.